The molecule has 176 valence electrons. The van der Waals surface area contributed by atoms with E-state index in [1.54, 1.807) is 23.7 Å². The molecule has 0 aromatic carbocycles. The van der Waals surface area contributed by atoms with Crippen LogP contribution in [0.5, 0.6) is 0 Å². The molecule has 8 nitrogen and oxygen atoms in total. The molecule has 1 N–H and O–H groups in total. The third kappa shape index (κ3) is 6.88. The maximum atomic E-state index is 13.1. The molecule has 3 rings (SSSR count). The minimum atomic E-state index is -0.291. The van der Waals surface area contributed by atoms with Crippen LogP contribution >= 0.6 is 23.1 Å². The van der Waals surface area contributed by atoms with Crippen LogP contribution in [-0.2, 0) is 9.53 Å². The lowest BCUT2D eigenvalue weighted by Crippen LogP contribution is -2.38. The Hall–Kier alpha value is -2.72. The van der Waals surface area contributed by atoms with Crippen LogP contribution in [0.4, 0.5) is 0 Å². The summed E-state index contributed by atoms with van der Waals surface area (Å²) in [5.74, 6) is 0.393. The Morgan fingerprint density at radius 1 is 1.36 bits per heavy atom. The highest BCUT2D eigenvalue weighted by Gasteiger charge is 2.28. The van der Waals surface area contributed by atoms with Gasteiger partial charge in [0.2, 0.25) is 0 Å². The Labute approximate surface area is 201 Å². The second-order valence-corrected chi connectivity index (χ2v) is 9.43. The summed E-state index contributed by atoms with van der Waals surface area (Å²) in [5.41, 5.74) is 1.02. The zero-order valence-corrected chi connectivity index (χ0v) is 20.3. The Morgan fingerprint density at radius 3 is 2.88 bits per heavy atom. The van der Waals surface area contributed by atoms with Crippen LogP contribution in [0.3, 0.4) is 0 Å². The summed E-state index contributed by atoms with van der Waals surface area (Å²) in [6.07, 6.45) is 5.88. The van der Waals surface area contributed by atoms with Crippen molar-refractivity contribution >= 4 is 40.9 Å². The summed E-state index contributed by atoms with van der Waals surface area (Å²) >= 11 is 2.98. The molecule has 0 spiro atoms. The standard InChI is InChI=1S/C23H28N4O4S2/c1-3-14-32-22-17(6-4-11-25-22)23(30)27-12-8-16(9-13-27)21-26-18(15-33-21)20(29)24-10-5-7-19(28)31-2/h3-4,6,11,15-16H,1,5,7-10,12-14H2,2H3,(H,24,29). The van der Waals surface area contributed by atoms with E-state index in [4.69, 9.17) is 0 Å². The Morgan fingerprint density at radius 2 is 2.15 bits per heavy atom. The predicted octanol–water partition coefficient (Wildman–Crippen LogP) is 3.52. The smallest absolute Gasteiger partial charge is 0.305 e. The highest BCUT2D eigenvalue weighted by molar-refractivity contribution is 7.99. The van der Waals surface area contributed by atoms with Crippen LogP contribution in [-0.4, -0.2) is 65.1 Å². The predicted molar refractivity (Wildman–Crippen MR) is 129 cm³/mol. The molecule has 2 amide bonds. The number of carbonyl (C=O) groups excluding carboxylic acids is 3. The molecule has 0 radical (unpaired) electrons. The molecule has 2 aromatic heterocycles. The van der Waals surface area contributed by atoms with E-state index in [0.29, 0.717) is 43.1 Å². The van der Waals surface area contributed by atoms with E-state index in [-0.39, 0.29) is 30.1 Å². The third-order valence-electron chi connectivity index (χ3n) is 5.30. The molecule has 1 aliphatic heterocycles. The van der Waals surface area contributed by atoms with E-state index in [1.807, 2.05) is 11.0 Å². The number of rotatable bonds is 10. The van der Waals surface area contributed by atoms with E-state index in [0.717, 1.165) is 22.9 Å². The van der Waals surface area contributed by atoms with Crippen molar-refractivity contribution in [3.8, 4) is 0 Å². The highest BCUT2D eigenvalue weighted by atomic mass is 32.2. The van der Waals surface area contributed by atoms with Crippen molar-refractivity contribution in [2.24, 2.45) is 0 Å². The Balaban J connectivity index is 1.51. The molecular formula is C23H28N4O4S2. The lowest BCUT2D eigenvalue weighted by Gasteiger charge is -2.31. The molecule has 2 aromatic rings. The summed E-state index contributed by atoms with van der Waals surface area (Å²) in [4.78, 5) is 47.2. The molecule has 0 saturated carbocycles. The number of thioether (sulfide) groups is 1. The number of ether oxygens (including phenoxy) is 1. The largest absolute Gasteiger partial charge is 0.469 e. The van der Waals surface area contributed by atoms with Gasteiger partial charge in [-0.1, -0.05) is 6.08 Å². The molecule has 0 aliphatic carbocycles. The number of hydrogen-bond acceptors (Lipinski definition) is 8. The molecule has 0 atom stereocenters. The second-order valence-electron chi connectivity index (χ2n) is 7.53. The summed E-state index contributed by atoms with van der Waals surface area (Å²) in [7, 11) is 1.34. The number of nitrogens with zero attached hydrogens (tertiary/aromatic N) is 3. The fourth-order valence-corrected chi connectivity index (χ4v) is 5.21. The molecule has 10 heteroatoms. The van der Waals surface area contributed by atoms with Gasteiger partial charge in [-0.2, -0.15) is 0 Å². The molecule has 1 fully saturated rings. The van der Waals surface area contributed by atoms with Gasteiger partial charge < -0.3 is 15.0 Å². The third-order valence-corrected chi connectivity index (χ3v) is 7.30. The average molecular weight is 489 g/mol. The van der Waals surface area contributed by atoms with Gasteiger partial charge in [0, 0.05) is 49.3 Å². The van der Waals surface area contributed by atoms with Gasteiger partial charge in [0.15, 0.2) is 0 Å². The monoisotopic (exact) mass is 488 g/mol. The maximum absolute atomic E-state index is 13.1. The first-order valence-corrected chi connectivity index (χ1v) is 12.7. The van der Waals surface area contributed by atoms with Crippen LogP contribution in [0.1, 0.15) is 57.5 Å². The minimum Gasteiger partial charge on any atom is -0.469 e. The topological polar surface area (TPSA) is 101 Å². The number of nitrogens with one attached hydrogen (secondary N) is 1. The van der Waals surface area contributed by atoms with E-state index >= 15 is 0 Å². The highest BCUT2D eigenvalue weighted by Crippen LogP contribution is 2.31. The number of esters is 1. The van der Waals surface area contributed by atoms with Crippen molar-refractivity contribution in [3.05, 3.63) is 52.6 Å². The van der Waals surface area contributed by atoms with Crippen molar-refractivity contribution in [2.45, 2.75) is 36.6 Å². The van der Waals surface area contributed by atoms with Crippen LogP contribution in [0, 0.1) is 0 Å². The minimum absolute atomic E-state index is 0.000674. The number of pyridine rings is 1. The van der Waals surface area contributed by atoms with Gasteiger partial charge in [-0.05, 0) is 31.4 Å². The molecule has 33 heavy (non-hydrogen) atoms. The summed E-state index contributed by atoms with van der Waals surface area (Å²) in [6.45, 7) is 5.39. The number of thiazole rings is 1. The van der Waals surface area contributed by atoms with Gasteiger partial charge in [-0.25, -0.2) is 9.97 Å². The van der Waals surface area contributed by atoms with Crippen molar-refractivity contribution in [3.63, 3.8) is 0 Å². The van der Waals surface area contributed by atoms with Crippen molar-refractivity contribution in [2.75, 3.05) is 32.5 Å². The number of piperidine rings is 1. The van der Waals surface area contributed by atoms with Crippen LogP contribution in [0.15, 0.2) is 41.4 Å². The quantitative estimate of drug-likeness (QED) is 0.236. The Bertz CT molecular complexity index is 986. The van der Waals surface area contributed by atoms with Crippen molar-refractivity contribution in [1.82, 2.24) is 20.2 Å². The number of methoxy groups -OCH3 is 1. The Kier molecular flexibility index (Phi) is 9.44. The van der Waals surface area contributed by atoms with E-state index in [1.165, 1.54) is 30.2 Å². The van der Waals surface area contributed by atoms with Crippen LogP contribution in [0.2, 0.25) is 0 Å². The SMILES string of the molecule is C=CCSc1ncccc1C(=O)N1CCC(c2nc(C(=O)NCCCC(=O)OC)cs2)CC1. The van der Waals surface area contributed by atoms with E-state index in [2.05, 4.69) is 26.6 Å². The van der Waals surface area contributed by atoms with E-state index < -0.39 is 0 Å². The molecule has 3 heterocycles. The van der Waals surface area contributed by atoms with E-state index in [9.17, 15) is 14.4 Å². The first-order valence-electron chi connectivity index (χ1n) is 10.8. The van der Waals surface area contributed by atoms with Gasteiger partial charge in [-0.3, -0.25) is 14.4 Å². The maximum Gasteiger partial charge on any atom is 0.305 e. The zero-order chi connectivity index (χ0) is 23.6. The lowest BCUT2D eigenvalue weighted by molar-refractivity contribution is -0.140. The number of hydrogen-bond donors (Lipinski definition) is 1. The fraction of sp³-hybridized carbons (Fsp3) is 0.435. The average Bonchev–Trinajstić information content (AvgIpc) is 3.35. The van der Waals surface area contributed by atoms with Gasteiger partial charge >= 0.3 is 5.97 Å². The molecule has 1 aliphatic rings. The number of amides is 2. The van der Waals surface area contributed by atoms with Crippen LogP contribution < -0.4 is 5.32 Å². The summed E-state index contributed by atoms with van der Waals surface area (Å²) < 4.78 is 4.59. The number of likely N-dealkylation sites (tertiary alicyclic amines) is 1. The number of carbonyl (C=O) groups is 3. The number of aromatic nitrogens is 2. The molecule has 1 saturated heterocycles. The van der Waals surface area contributed by atoms with Gasteiger partial charge in [0.05, 0.1) is 17.7 Å². The lowest BCUT2D eigenvalue weighted by atomic mass is 9.97. The van der Waals surface area contributed by atoms with Gasteiger partial charge in [0.25, 0.3) is 11.8 Å². The molecular weight excluding hydrogens is 460 g/mol. The zero-order valence-electron chi connectivity index (χ0n) is 18.6. The summed E-state index contributed by atoms with van der Waals surface area (Å²) in [5, 5.41) is 6.20. The first-order chi connectivity index (χ1) is 16.0. The van der Waals surface area contributed by atoms with Crippen molar-refractivity contribution in [1.29, 1.82) is 0 Å². The summed E-state index contributed by atoms with van der Waals surface area (Å²) in [6, 6.07) is 3.61. The van der Waals surface area contributed by atoms with Gasteiger partial charge in [0.1, 0.15) is 10.7 Å². The fourth-order valence-electron chi connectivity index (χ4n) is 3.51. The molecule has 0 unspecified atom stereocenters. The first kappa shape index (κ1) is 24.9. The molecule has 0 bridgehead atoms. The normalized spacial score (nSPS) is 14.0. The van der Waals surface area contributed by atoms with Crippen molar-refractivity contribution < 1.29 is 19.1 Å². The second kappa shape index (κ2) is 12.5. The van der Waals surface area contributed by atoms with Crippen LogP contribution in [0.25, 0.3) is 0 Å². The van der Waals surface area contributed by atoms with Gasteiger partial charge in [-0.15, -0.1) is 29.7 Å².